The molecule has 1 aromatic heterocycles. The summed E-state index contributed by atoms with van der Waals surface area (Å²) in [6.07, 6.45) is 8.15. The summed E-state index contributed by atoms with van der Waals surface area (Å²) in [6, 6.07) is 53.6. The molecule has 2 aliphatic rings. The van der Waals surface area contributed by atoms with Gasteiger partial charge in [0.05, 0.1) is 5.70 Å². The van der Waals surface area contributed by atoms with Crippen molar-refractivity contribution in [2.24, 2.45) is 0 Å². The third kappa shape index (κ3) is 4.67. The quantitative estimate of drug-likeness (QED) is 0.173. The van der Waals surface area contributed by atoms with Gasteiger partial charge in [0, 0.05) is 23.4 Å². The van der Waals surface area contributed by atoms with Gasteiger partial charge < -0.3 is 4.90 Å². The molecule has 0 unspecified atom stereocenters. The van der Waals surface area contributed by atoms with E-state index >= 15 is 0 Å². The normalized spacial score (nSPS) is 14.1. The molecular formula is C46H31N5. The predicted octanol–water partition coefficient (Wildman–Crippen LogP) is 10.7. The first-order valence-electron chi connectivity index (χ1n) is 17.3. The zero-order chi connectivity index (χ0) is 33.7. The first-order valence-corrected chi connectivity index (χ1v) is 17.3. The first-order chi connectivity index (χ1) is 25.3. The molecule has 0 spiro atoms. The van der Waals surface area contributed by atoms with Gasteiger partial charge >= 0.3 is 0 Å². The number of nitrogens with zero attached hydrogens (tertiary/aromatic N) is 5. The smallest absolute Gasteiger partial charge is 0.182 e. The maximum atomic E-state index is 5.39. The van der Waals surface area contributed by atoms with Crippen molar-refractivity contribution in [2.75, 3.05) is 11.4 Å². The second kappa shape index (κ2) is 11.9. The Morgan fingerprint density at radius 1 is 0.490 bits per heavy atom. The predicted molar refractivity (Wildman–Crippen MR) is 209 cm³/mol. The molecule has 51 heavy (non-hydrogen) atoms. The van der Waals surface area contributed by atoms with Crippen LogP contribution in [0.1, 0.15) is 11.4 Å². The fourth-order valence-corrected chi connectivity index (χ4v) is 7.82. The molecule has 8 aromatic rings. The Kier molecular flexibility index (Phi) is 6.81. The fraction of sp³-hybridized carbons (Fsp3) is 0.0217. The number of anilines is 1. The molecular weight excluding hydrogens is 623 g/mol. The van der Waals surface area contributed by atoms with Crippen molar-refractivity contribution in [3.05, 3.63) is 193 Å². The zero-order valence-electron chi connectivity index (χ0n) is 27.7. The summed E-state index contributed by atoms with van der Waals surface area (Å²) in [4.78, 5) is 19.9. The van der Waals surface area contributed by atoms with Crippen molar-refractivity contribution in [3.63, 3.8) is 0 Å². The molecule has 0 atom stereocenters. The molecule has 0 bridgehead atoms. The lowest BCUT2D eigenvalue weighted by Crippen LogP contribution is -2.27. The molecule has 3 heterocycles. The second-order valence-corrected chi connectivity index (χ2v) is 12.8. The van der Waals surface area contributed by atoms with E-state index in [9.17, 15) is 0 Å². The van der Waals surface area contributed by atoms with Gasteiger partial charge in [-0.1, -0.05) is 152 Å². The summed E-state index contributed by atoms with van der Waals surface area (Å²) in [5, 5.41) is 6.97. The van der Waals surface area contributed by atoms with E-state index in [2.05, 4.69) is 174 Å². The number of benzene rings is 7. The van der Waals surface area contributed by atoms with E-state index in [1.165, 1.54) is 21.9 Å². The maximum Gasteiger partial charge on any atom is 0.182 e. The van der Waals surface area contributed by atoms with Crippen LogP contribution in [0.4, 0.5) is 5.69 Å². The van der Waals surface area contributed by atoms with Crippen molar-refractivity contribution in [2.45, 2.75) is 0 Å². The van der Waals surface area contributed by atoms with Gasteiger partial charge in [-0.2, -0.15) is 0 Å². The highest BCUT2D eigenvalue weighted by Gasteiger charge is 2.38. The lowest BCUT2D eigenvalue weighted by Gasteiger charge is -2.28. The number of aromatic nitrogens is 3. The van der Waals surface area contributed by atoms with Crippen molar-refractivity contribution >= 4 is 49.4 Å². The minimum atomic E-state index is 0.615. The van der Waals surface area contributed by atoms with Crippen LogP contribution < -0.4 is 4.90 Å². The summed E-state index contributed by atoms with van der Waals surface area (Å²) in [5.74, 6) is 2.32. The van der Waals surface area contributed by atoms with Crippen LogP contribution in [-0.4, -0.2) is 26.4 Å². The molecule has 0 N–H and O–H groups in total. The Labute approximate surface area is 295 Å². The molecule has 5 nitrogen and oxygen atoms in total. The van der Waals surface area contributed by atoms with Gasteiger partial charge in [0.1, 0.15) is 17.8 Å². The van der Waals surface area contributed by atoms with E-state index in [0.29, 0.717) is 11.6 Å². The Balaban J connectivity index is 1.25. The molecule has 2 aliphatic heterocycles. The van der Waals surface area contributed by atoms with Crippen LogP contribution >= 0.6 is 0 Å². The highest BCUT2D eigenvalue weighted by Crippen LogP contribution is 2.47. The summed E-state index contributed by atoms with van der Waals surface area (Å²) in [7, 11) is 0. The van der Waals surface area contributed by atoms with Crippen molar-refractivity contribution in [3.8, 4) is 22.5 Å². The highest BCUT2D eigenvalue weighted by molar-refractivity contribution is 6.23. The van der Waals surface area contributed by atoms with Crippen LogP contribution in [0.25, 0.3) is 66.2 Å². The minimum absolute atomic E-state index is 0.615. The van der Waals surface area contributed by atoms with Crippen LogP contribution in [0.2, 0.25) is 0 Å². The van der Waals surface area contributed by atoms with Crippen LogP contribution in [0.5, 0.6) is 0 Å². The van der Waals surface area contributed by atoms with Gasteiger partial charge in [-0.05, 0) is 61.7 Å². The standard InChI is InChI=1S/C46H31N5/c1-3-17-32(18-4-1)43-44(51(33-20-5-2-6-21-33)40-28-13-14-29-50(40)43)46-48-30-47-45(49-46)42-38-25-11-9-23-36(38)41(37-24-10-12-26-39(37)42)35-27-15-19-31-16-7-8-22-34(31)35/h1-28,30H,29H2. The topological polar surface area (TPSA) is 45.2 Å². The SMILES string of the molecule is C1=CCN2C(=C1)N(c1ccccc1)C(c1ncnc(-c3c4ccccc4c(-c4cccc5ccccc45)c4ccccc34)n1)=C2c1ccccc1. The van der Waals surface area contributed by atoms with Crippen molar-refractivity contribution in [1.29, 1.82) is 0 Å². The average Bonchev–Trinajstić information content (AvgIpc) is 3.56. The Morgan fingerprint density at radius 3 is 1.80 bits per heavy atom. The third-order valence-electron chi connectivity index (χ3n) is 9.95. The number of hydrogen-bond donors (Lipinski definition) is 0. The monoisotopic (exact) mass is 653 g/mol. The Hall–Kier alpha value is -6.85. The van der Waals surface area contributed by atoms with Crippen LogP contribution in [0.15, 0.2) is 182 Å². The zero-order valence-corrected chi connectivity index (χ0v) is 27.7. The molecule has 7 aromatic carbocycles. The van der Waals surface area contributed by atoms with E-state index in [1.807, 2.05) is 6.07 Å². The summed E-state index contributed by atoms with van der Waals surface area (Å²) in [6.45, 7) is 0.742. The van der Waals surface area contributed by atoms with E-state index in [0.717, 1.165) is 62.1 Å². The van der Waals surface area contributed by atoms with Gasteiger partial charge in [-0.25, -0.2) is 15.0 Å². The Bertz CT molecular complexity index is 2670. The van der Waals surface area contributed by atoms with E-state index in [4.69, 9.17) is 15.0 Å². The van der Waals surface area contributed by atoms with Gasteiger partial charge in [0.15, 0.2) is 11.6 Å². The van der Waals surface area contributed by atoms with Gasteiger partial charge in [0.25, 0.3) is 0 Å². The van der Waals surface area contributed by atoms with Crippen molar-refractivity contribution in [1.82, 2.24) is 19.9 Å². The largest absolute Gasteiger partial charge is 0.321 e. The molecule has 5 heteroatoms. The number of para-hydroxylation sites is 1. The summed E-state index contributed by atoms with van der Waals surface area (Å²) >= 11 is 0. The number of rotatable bonds is 5. The van der Waals surface area contributed by atoms with E-state index in [-0.39, 0.29) is 0 Å². The molecule has 240 valence electrons. The first kappa shape index (κ1) is 29.1. The van der Waals surface area contributed by atoms with Gasteiger partial charge in [0.2, 0.25) is 0 Å². The molecule has 0 fully saturated rings. The van der Waals surface area contributed by atoms with Crippen molar-refractivity contribution < 1.29 is 0 Å². The third-order valence-corrected chi connectivity index (χ3v) is 9.95. The van der Waals surface area contributed by atoms with Gasteiger partial charge in [-0.15, -0.1) is 0 Å². The average molecular weight is 654 g/mol. The lowest BCUT2D eigenvalue weighted by atomic mass is 9.86. The molecule has 0 amide bonds. The molecule has 0 aliphatic carbocycles. The molecule has 0 radical (unpaired) electrons. The van der Waals surface area contributed by atoms with E-state index < -0.39 is 0 Å². The van der Waals surface area contributed by atoms with E-state index in [1.54, 1.807) is 6.33 Å². The number of allylic oxidation sites excluding steroid dienone is 2. The second-order valence-electron chi connectivity index (χ2n) is 12.8. The molecule has 10 rings (SSSR count). The fourth-order valence-electron chi connectivity index (χ4n) is 7.82. The minimum Gasteiger partial charge on any atom is -0.321 e. The summed E-state index contributed by atoms with van der Waals surface area (Å²) in [5.41, 5.74) is 7.56. The number of fused-ring (bicyclic) bond motifs is 4. The Morgan fingerprint density at radius 2 is 1.08 bits per heavy atom. The summed E-state index contributed by atoms with van der Waals surface area (Å²) < 4.78 is 0. The van der Waals surface area contributed by atoms with Crippen LogP contribution in [-0.2, 0) is 0 Å². The lowest BCUT2D eigenvalue weighted by molar-refractivity contribution is 0.546. The van der Waals surface area contributed by atoms with Gasteiger partial charge in [-0.3, -0.25) is 4.90 Å². The maximum absolute atomic E-state index is 5.39. The van der Waals surface area contributed by atoms with Crippen LogP contribution in [0.3, 0.4) is 0 Å². The molecule has 0 saturated carbocycles. The molecule has 0 saturated heterocycles. The van der Waals surface area contributed by atoms with Crippen LogP contribution in [0, 0.1) is 0 Å². The number of hydrogen-bond acceptors (Lipinski definition) is 5. The highest BCUT2D eigenvalue weighted by atomic mass is 15.4.